The summed E-state index contributed by atoms with van der Waals surface area (Å²) in [4.78, 5) is 16.0. The molecule has 1 atom stereocenters. The van der Waals surface area contributed by atoms with Gasteiger partial charge in [-0.3, -0.25) is 4.79 Å². The van der Waals surface area contributed by atoms with Crippen LogP contribution in [0, 0.1) is 0 Å². The first-order valence-corrected chi connectivity index (χ1v) is 7.39. The Morgan fingerprint density at radius 1 is 1.40 bits per heavy atom. The second kappa shape index (κ2) is 8.76. The number of pyridine rings is 1. The van der Waals surface area contributed by atoms with Gasteiger partial charge in [-0.25, -0.2) is 10.8 Å². The molecule has 0 aliphatic carbocycles. The van der Waals surface area contributed by atoms with Gasteiger partial charge in [0.05, 0.1) is 0 Å². The quantitative estimate of drug-likeness (QED) is 0.298. The monoisotopic (exact) mass is 298 g/mol. The minimum atomic E-state index is -0.159. The number of hydrogen-bond donors (Lipinski definition) is 3. The highest BCUT2D eigenvalue weighted by molar-refractivity contribution is 6.29. The third-order valence-corrected chi connectivity index (χ3v) is 3.27. The van der Waals surface area contributed by atoms with E-state index in [0.29, 0.717) is 11.4 Å². The number of nitrogen functional groups attached to an aromatic ring is 1. The molecule has 20 heavy (non-hydrogen) atoms. The molecule has 0 aliphatic rings. The second-order valence-corrected chi connectivity index (χ2v) is 5.32. The summed E-state index contributed by atoms with van der Waals surface area (Å²) >= 11 is 5.84. The SMILES string of the molecule is CCCCCCC(C)NC(=O)c1cc(Cl)nc(NN)c1. The molecule has 1 rings (SSSR count). The van der Waals surface area contributed by atoms with Crippen molar-refractivity contribution in [2.75, 3.05) is 5.43 Å². The van der Waals surface area contributed by atoms with Gasteiger partial charge in [0.2, 0.25) is 0 Å². The number of nitrogens with two attached hydrogens (primary N) is 1. The fourth-order valence-corrected chi connectivity index (χ4v) is 2.17. The smallest absolute Gasteiger partial charge is 0.251 e. The van der Waals surface area contributed by atoms with E-state index >= 15 is 0 Å². The predicted octanol–water partition coefficient (Wildman–Crippen LogP) is 3.11. The first kappa shape index (κ1) is 16.7. The molecule has 0 saturated heterocycles. The molecular formula is C14H23ClN4O. The van der Waals surface area contributed by atoms with Crippen LogP contribution in [0.3, 0.4) is 0 Å². The Kier molecular flexibility index (Phi) is 7.33. The van der Waals surface area contributed by atoms with Crippen LogP contribution < -0.4 is 16.6 Å². The lowest BCUT2D eigenvalue weighted by Crippen LogP contribution is -2.32. The van der Waals surface area contributed by atoms with E-state index in [1.54, 1.807) is 6.07 Å². The van der Waals surface area contributed by atoms with Crippen molar-refractivity contribution in [2.24, 2.45) is 5.84 Å². The maximum absolute atomic E-state index is 12.1. The first-order chi connectivity index (χ1) is 9.56. The predicted molar refractivity (Wildman–Crippen MR) is 82.7 cm³/mol. The number of carbonyl (C=O) groups excluding carboxylic acids is 1. The average molecular weight is 299 g/mol. The third-order valence-electron chi connectivity index (χ3n) is 3.07. The minimum absolute atomic E-state index is 0.139. The summed E-state index contributed by atoms with van der Waals surface area (Å²) < 4.78 is 0. The van der Waals surface area contributed by atoms with Crippen molar-refractivity contribution >= 4 is 23.3 Å². The maximum Gasteiger partial charge on any atom is 0.251 e. The molecule has 0 saturated carbocycles. The number of hydrogen-bond acceptors (Lipinski definition) is 4. The van der Waals surface area contributed by atoms with Crippen LogP contribution >= 0.6 is 11.6 Å². The Bertz CT molecular complexity index is 439. The lowest BCUT2D eigenvalue weighted by molar-refractivity contribution is 0.0938. The minimum Gasteiger partial charge on any atom is -0.350 e. The summed E-state index contributed by atoms with van der Waals surface area (Å²) in [5.74, 6) is 5.50. The number of carbonyl (C=O) groups is 1. The Labute approximate surface area is 125 Å². The Balaban J connectivity index is 2.51. The molecule has 1 amide bonds. The number of nitrogens with zero attached hydrogens (tertiary/aromatic N) is 1. The normalized spacial score (nSPS) is 12.0. The summed E-state index contributed by atoms with van der Waals surface area (Å²) in [5, 5.41) is 3.19. The number of rotatable bonds is 8. The fraction of sp³-hybridized carbons (Fsp3) is 0.571. The van der Waals surface area contributed by atoms with Crippen molar-refractivity contribution in [3.8, 4) is 0 Å². The van der Waals surface area contributed by atoms with Gasteiger partial charge in [-0.15, -0.1) is 0 Å². The maximum atomic E-state index is 12.1. The van der Waals surface area contributed by atoms with Gasteiger partial charge in [-0.1, -0.05) is 44.2 Å². The van der Waals surface area contributed by atoms with Gasteiger partial charge in [0.1, 0.15) is 11.0 Å². The van der Waals surface area contributed by atoms with Gasteiger partial charge in [0.15, 0.2) is 0 Å². The number of unbranched alkanes of at least 4 members (excludes halogenated alkanes) is 3. The van der Waals surface area contributed by atoms with Crippen LogP contribution in [0.25, 0.3) is 0 Å². The lowest BCUT2D eigenvalue weighted by atomic mass is 10.1. The number of halogens is 1. The van der Waals surface area contributed by atoms with Crippen LogP contribution in [0.5, 0.6) is 0 Å². The van der Waals surface area contributed by atoms with Crippen LogP contribution in [0.4, 0.5) is 5.82 Å². The van der Waals surface area contributed by atoms with Crippen LogP contribution in [0.15, 0.2) is 12.1 Å². The molecule has 4 N–H and O–H groups in total. The summed E-state index contributed by atoms with van der Waals surface area (Å²) in [6, 6.07) is 3.24. The Hall–Kier alpha value is -1.33. The van der Waals surface area contributed by atoms with Crippen molar-refractivity contribution in [3.63, 3.8) is 0 Å². The number of anilines is 1. The fourth-order valence-electron chi connectivity index (χ4n) is 1.96. The molecule has 6 heteroatoms. The van der Waals surface area contributed by atoms with E-state index in [2.05, 4.69) is 22.7 Å². The van der Waals surface area contributed by atoms with Crippen molar-refractivity contribution in [1.82, 2.24) is 10.3 Å². The number of aromatic nitrogens is 1. The zero-order chi connectivity index (χ0) is 15.0. The Morgan fingerprint density at radius 3 is 2.80 bits per heavy atom. The highest BCUT2D eigenvalue weighted by Gasteiger charge is 2.11. The molecule has 0 aliphatic heterocycles. The molecule has 1 aromatic rings. The van der Waals surface area contributed by atoms with Gasteiger partial charge in [0, 0.05) is 11.6 Å². The lowest BCUT2D eigenvalue weighted by Gasteiger charge is -2.14. The van der Waals surface area contributed by atoms with Crippen LogP contribution in [0.1, 0.15) is 56.3 Å². The molecule has 0 fully saturated rings. The average Bonchev–Trinajstić information content (AvgIpc) is 2.42. The van der Waals surface area contributed by atoms with E-state index in [-0.39, 0.29) is 17.1 Å². The summed E-state index contributed by atoms with van der Waals surface area (Å²) in [7, 11) is 0. The highest BCUT2D eigenvalue weighted by Crippen LogP contribution is 2.14. The second-order valence-electron chi connectivity index (χ2n) is 4.93. The van der Waals surface area contributed by atoms with Crippen molar-refractivity contribution < 1.29 is 4.79 Å². The number of hydrazine groups is 1. The largest absolute Gasteiger partial charge is 0.350 e. The highest BCUT2D eigenvalue weighted by atomic mass is 35.5. The van der Waals surface area contributed by atoms with Crippen molar-refractivity contribution in [2.45, 2.75) is 52.0 Å². The summed E-state index contributed by atoms with van der Waals surface area (Å²) in [6.45, 7) is 4.19. The zero-order valence-corrected chi connectivity index (χ0v) is 12.8. The van der Waals surface area contributed by atoms with Crippen LogP contribution in [-0.4, -0.2) is 16.9 Å². The number of amides is 1. The van der Waals surface area contributed by atoms with E-state index in [1.807, 2.05) is 6.92 Å². The van der Waals surface area contributed by atoms with E-state index < -0.39 is 0 Å². The Morgan fingerprint density at radius 2 is 2.15 bits per heavy atom. The molecule has 5 nitrogen and oxygen atoms in total. The van der Waals surface area contributed by atoms with Gasteiger partial charge < -0.3 is 10.7 Å². The zero-order valence-electron chi connectivity index (χ0n) is 12.1. The molecular weight excluding hydrogens is 276 g/mol. The first-order valence-electron chi connectivity index (χ1n) is 7.02. The van der Waals surface area contributed by atoms with Crippen molar-refractivity contribution in [1.29, 1.82) is 0 Å². The van der Waals surface area contributed by atoms with Gasteiger partial charge in [-0.05, 0) is 25.5 Å². The van der Waals surface area contributed by atoms with Crippen LogP contribution in [0.2, 0.25) is 5.15 Å². The standard InChI is InChI=1S/C14H23ClN4O/c1-3-4-5-6-7-10(2)17-14(20)11-8-12(15)18-13(9-11)19-16/h8-10H,3-7,16H2,1-2H3,(H,17,20)(H,18,19). The topological polar surface area (TPSA) is 80.0 Å². The summed E-state index contributed by atoms with van der Waals surface area (Å²) in [5.41, 5.74) is 2.85. The molecule has 0 aromatic carbocycles. The molecule has 0 radical (unpaired) electrons. The van der Waals surface area contributed by atoms with Gasteiger partial charge >= 0.3 is 0 Å². The van der Waals surface area contributed by atoms with Crippen LogP contribution in [-0.2, 0) is 0 Å². The van der Waals surface area contributed by atoms with E-state index in [9.17, 15) is 4.79 Å². The van der Waals surface area contributed by atoms with Crippen molar-refractivity contribution in [3.05, 3.63) is 22.8 Å². The molecule has 112 valence electrons. The van der Waals surface area contributed by atoms with Gasteiger partial charge in [-0.2, -0.15) is 0 Å². The third kappa shape index (κ3) is 5.75. The molecule has 0 spiro atoms. The van der Waals surface area contributed by atoms with Gasteiger partial charge in [0.25, 0.3) is 5.91 Å². The molecule has 0 bridgehead atoms. The number of nitrogens with one attached hydrogen (secondary N) is 2. The molecule has 1 aromatic heterocycles. The molecule has 1 heterocycles. The van der Waals surface area contributed by atoms with E-state index in [0.717, 1.165) is 12.8 Å². The molecule has 1 unspecified atom stereocenters. The van der Waals surface area contributed by atoms with E-state index in [4.69, 9.17) is 17.4 Å². The van der Waals surface area contributed by atoms with E-state index in [1.165, 1.54) is 25.3 Å². The summed E-state index contributed by atoms with van der Waals surface area (Å²) in [6.07, 6.45) is 5.77.